The van der Waals surface area contributed by atoms with Crippen LogP contribution >= 0.6 is 0 Å². The van der Waals surface area contributed by atoms with E-state index in [1.54, 1.807) is 0 Å². The van der Waals surface area contributed by atoms with Crippen molar-refractivity contribution in [1.29, 1.82) is 0 Å². The van der Waals surface area contributed by atoms with Crippen LogP contribution in [-0.4, -0.2) is 15.0 Å². The highest BCUT2D eigenvalue weighted by molar-refractivity contribution is 6.21. The highest BCUT2D eigenvalue weighted by Crippen LogP contribution is 2.50. The molecular weight excluding hydrogens is 751 g/mol. The number of aromatic nitrogens is 3. The summed E-state index contributed by atoms with van der Waals surface area (Å²) in [6, 6.07) is 80.2. The SMILES string of the molecule is c1ccc(-c2ccc(-c3nc(-c4ccccc4)nc(-c4c5ccccc5c(-c5ccc6c(c5)-c5ccccc5-c5ccccc5-c5ccccc5-6)c5ccccc45)n3)cc2)cc1. The fraction of sp³-hybridized carbons (Fsp3) is 0. The first kappa shape index (κ1) is 35.7. The molecule has 62 heavy (non-hydrogen) atoms. The lowest BCUT2D eigenvalue weighted by atomic mass is 9.79. The standard InChI is InChI=1S/C59H37N3/c1-3-17-38(18-4-1)39-31-33-41(34-32-39)58-60-57(40-19-5-2-6-20-40)61-59(62-58)56-52-29-15-13-27-50(52)55(51-28-14-16-30-53(51)56)42-35-36-49-47-25-10-9-23-45(47)43-21-7-8-22-44(43)46-24-11-12-26-48(46)54(49)37-42/h1-37H. The molecule has 1 aromatic heterocycles. The third-order valence-electron chi connectivity index (χ3n) is 12.3. The van der Waals surface area contributed by atoms with Gasteiger partial charge >= 0.3 is 0 Å². The summed E-state index contributed by atoms with van der Waals surface area (Å²) in [5.41, 5.74) is 17.4. The maximum Gasteiger partial charge on any atom is 0.165 e. The smallest absolute Gasteiger partial charge is 0.165 e. The minimum atomic E-state index is 0.632. The maximum absolute atomic E-state index is 5.32. The van der Waals surface area contributed by atoms with E-state index in [1.807, 2.05) is 24.3 Å². The molecule has 0 fully saturated rings. The molecule has 0 atom stereocenters. The second-order valence-corrected chi connectivity index (χ2v) is 15.9. The zero-order chi connectivity index (χ0) is 41.0. The minimum absolute atomic E-state index is 0.632. The van der Waals surface area contributed by atoms with Gasteiger partial charge in [0.05, 0.1) is 0 Å². The third kappa shape index (κ3) is 5.94. The molecule has 1 aliphatic carbocycles. The van der Waals surface area contributed by atoms with Gasteiger partial charge in [0.2, 0.25) is 0 Å². The van der Waals surface area contributed by atoms with Crippen LogP contribution in [-0.2, 0) is 0 Å². The van der Waals surface area contributed by atoms with Crippen LogP contribution in [0, 0.1) is 0 Å². The van der Waals surface area contributed by atoms with Gasteiger partial charge in [-0.3, -0.25) is 0 Å². The van der Waals surface area contributed by atoms with Crippen LogP contribution in [0.15, 0.2) is 224 Å². The van der Waals surface area contributed by atoms with Crippen LogP contribution in [0.1, 0.15) is 0 Å². The van der Waals surface area contributed by atoms with E-state index < -0.39 is 0 Å². The second kappa shape index (κ2) is 14.8. The number of hydrogen-bond donors (Lipinski definition) is 0. The molecule has 3 nitrogen and oxygen atoms in total. The van der Waals surface area contributed by atoms with Gasteiger partial charge in [0.25, 0.3) is 0 Å². The van der Waals surface area contributed by atoms with Crippen LogP contribution in [0.2, 0.25) is 0 Å². The molecule has 0 unspecified atom stereocenters. The van der Waals surface area contributed by atoms with E-state index >= 15 is 0 Å². The Morgan fingerprint density at radius 2 is 0.500 bits per heavy atom. The molecule has 10 aromatic carbocycles. The van der Waals surface area contributed by atoms with Crippen molar-refractivity contribution in [3.63, 3.8) is 0 Å². The van der Waals surface area contributed by atoms with E-state index in [4.69, 9.17) is 15.0 Å². The number of nitrogens with zero attached hydrogens (tertiary/aromatic N) is 3. The Labute approximate surface area is 360 Å². The average molecular weight is 788 g/mol. The number of benzene rings is 10. The molecule has 288 valence electrons. The van der Waals surface area contributed by atoms with Gasteiger partial charge in [-0.15, -0.1) is 0 Å². The van der Waals surface area contributed by atoms with E-state index in [0.717, 1.165) is 49.4 Å². The van der Waals surface area contributed by atoms with Crippen molar-refractivity contribution in [2.24, 2.45) is 0 Å². The van der Waals surface area contributed by atoms with E-state index in [1.165, 1.54) is 55.6 Å². The van der Waals surface area contributed by atoms with Crippen molar-refractivity contribution in [3.8, 4) is 101 Å². The molecule has 0 saturated carbocycles. The van der Waals surface area contributed by atoms with Crippen molar-refractivity contribution in [3.05, 3.63) is 224 Å². The lowest BCUT2D eigenvalue weighted by Crippen LogP contribution is -2.02. The first-order chi connectivity index (χ1) is 30.8. The fourth-order valence-corrected chi connectivity index (χ4v) is 9.47. The van der Waals surface area contributed by atoms with Crippen molar-refractivity contribution in [2.45, 2.75) is 0 Å². The Balaban J connectivity index is 1.09. The van der Waals surface area contributed by atoms with Crippen LogP contribution < -0.4 is 0 Å². The zero-order valence-electron chi connectivity index (χ0n) is 33.7. The summed E-state index contributed by atoms with van der Waals surface area (Å²) in [6.45, 7) is 0. The Bertz CT molecular complexity index is 3440. The highest BCUT2D eigenvalue weighted by Gasteiger charge is 2.24. The Kier molecular flexibility index (Phi) is 8.50. The van der Waals surface area contributed by atoms with E-state index in [-0.39, 0.29) is 0 Å². The van der Waals surface area contributed by atoms with Gasteiger partial charge in [0.15, 0.2) is 17.5 Å². The largest absolute Gasteiger partial charge is 0.208 e. The molecule has 1 heterocycles. The molecule has 12 rings (SSSR count). The van der Waals surface area contributed by atoms with E-state index in [2.05, 4.69) is 200 Å². The minimum Gasteiger partial charge on any atom is -0.208 e. The summed E-state index contributed by atoms with van der Waals surface area (Å²) in [5.74, 6) is 1.91. The first-order valence-electron chi connectivity index (χ1n) is 21.1. The number of rotatable bonds is 5. The van der Waals surface area contributed by atoms with Crippen LogP contribution in [0.4, 0.5) is 0 Å². The molecule has 0 spiro atoms. The average Bonchev–Trinajstić information content (AvgIpc) is 3.35. The molecule has 0 N–H and O–H groups in total. The third-order valence-corrected chi connectivity index (χ3v) is 12.3. The molecule has 0 aliphatic heterocycles. The van der Waals surface area contributed by atoms with Crippen LogP contribution in [0.3, 0.4) is 0 Å². The monoisotopic (exact) mass is 787 g/mol. The van der Waals surface area contributed by atoms with E-state index in [0.29, 0.717) is 17.5 Å². The second-order valence-electron chi connectivity index (χ2n) is 15.9. The summed E-state index contributed by atoms with van der Waals surface area (Å²) in [7, 11) is 0. The number of fused-ring (bicyclic) bond motifs is 10. The van der Waals surface area contributed by atoms with Crippen LogP contribution in [0.5, 0.6) is 0 Å². The van der Waals surface area contributed by atoms with Gasteiger partial charge in [-0.2, -0.15) is 0 Å². The summed E-state index contributed by atoms with van der Waals surface area (Å²) >= 11 is 0. The molecule has 0 bridgehead atoms. The molecular formula is C59H37N3. The molecule has 0 radical (unpaired) electrons. The number of hydrogen-bond acceptors (Lipinski definition) is 3. The molecule has 0 saturated heterocycles. The Morgan fingerprint density at radius 3 is 0.984 bits per heavy atom. The van der Waals surface area contributed by atoms with Crippen molar-refractivity contribution in [1.82, 2.24) is 15.0 Å². The molecule has 0 amide bonds. The molecule has 3 heteroatoms. The van der Waals surface area contributed by atoms with Gasteiger partial charge in [0.1, 0.15) is 0 Å². The Hall–Kier alpha value is -8.27. The quantitative estimate of drug-likeness (QED) is 0.163. The van der Waals surface area contributed by atoms with Gasteiger partial charge in [0, 0.05) is 16.7 Å². The van der Waals surface area contributed by atoms with Gasteiger partial charge < -0.3 is 0 Å². The first-order valence-corrected chi connectivity index (χ1v) is 21.1. The van der Waals surface area contributed by atoms with Crippen molar-refractivity contribution >= 4 is 21.5 Å². The highest BCUT2D eigenvalue weighted by atomic mass is 15.0. The van der Waals surface area contributed by atoms with E-state index in [9.17, 15) is 0 Å². The summed E-state index contributed by atoms with van der Waals surface area (Å²) in [5, 5.41) is 4.45. The zero-order valence-corrected chi connectivity index (χ0v) is 33.7. The predicted molar refractivity (Wildman–Crippen MR) is 257 cm³/mol. The van der Waals surface area contributed by atoms with Crippen molar-refractivity contribution < 1.29 is 0 Å². The summed E-state index contributed by atoms with van der Waals surface area (Å²) < 4.78 is 0. The normalized spacial score (nSPS) is 11.5. The lowest BCUT2D eigenvalue weighted by molar-refractivity contribution is 1.08. The van der Waals surface area contributed by atoms with Crippen LogP contribution in [0.25, 0.3) is 122 Å². The van der Waals surface area contributed by atoms with Gasteiger partial charge in [-0.05, 0) is 94.4 Å². The fourth-order valence-electron chi connectivity index (χ4n) is 9.47. The van der Waals surface area contributed by atoms with Crippen molar-refractivity contribution in [2.75, 3.05) is 0 Å². The van der Waals surface area contributed by atoms with Gasteiger partial charge in [-0.25, -0.2) is 15.0 Å². The predicted octanol–water partition coefficient (Wildman–Crippen LogP) is 15.5. The Morgan fingerprint density at radius 1 is 0.194 bits per heavy atom. The topological polar surface area (TPSA) is 38.7 Å². The summed E-state index contributed by atoms with van der Waals surface area (Å²) in [4.78, 5) is 15.7. The summed E-state index contributed by atoms with van der Waals surface area (Å²) in [6.07, 6.45) is 0. The van der Waals surface area contributed by atoms with Gasteiger partial charge in [-0.1, -0.05) is 218 Å². The molecule has 11 aromatic rings. The molecule has 1 aliphatic rings. The maximum atomic E-state index is 5.32. The lowest BCUT2D eigenvalue weighted by Gasteiger charge is -2.24.